The molecule has 0 radical (unpaired) electrons. The summed E-state index contributed by atoms with van der Waals surface area (Å²) in [4.78, 5) is 10.3. The molecular formula is C10H9ClN4O3S. The van der Waals surface area contributed by atoms with Crippen molar-refractivity contribution >= 4 is 33.8 Å². The molecular weight excluding hydrogens is 292 g/mol. The molecule has 0 fully saturated rings. The number of nitro groups is 1. The molecule has 0 aliphatic rings. The third-order valence-corrected chi connectivity index (χ3v) is 3.29. The average Bonchev–Trinajstić information content (AvgIpc) is 2.84. The predicted molar refractivity (Wildman–Crippen MR) is 71.9 cm³/mol. The first kappa shape index (κ1) is 13.5. The maximum absolute atomic E-state index is 10.9. The minimum absolute atomic E-state index is 0.0924. The fraction of sp³-hybridized carbons (Fsp3) is 0.200. The van der Waals surface area contributed by atoms with Gasteiger partial charge in [-0.1, -0.05) is 16.1 Å². The molecule has 2 rings (SSSR count). The molecule has 0 aliphatic heterocycles. The second-order valence-corrected chi connectivity index (χ2v) is 4.65. The number of aromatic nitrogens is 2. The van der Waals surface area contributed by atoms with Gasteiger partial charge in [-0.15, -0.1) is 5.10 Å². The molecule has 19 heavy (non-hydrogen) atoms. The molecule has 1 heterocycles. The van der Waals surface area contributed by atoms with E-state index in [0.29, 0.717) is 5.69 Å². The zero-order valence-electron chi connectivity index (χ0n) is 9.79. The van der Waals surface area contributed by atoms with Crippen molar-refractivity contribution in [1.29, 1.82) is 0 Å². The highest BCUT2D eigenvalue weighted by Gasteiger charge is 2.17. The summed E-state index contributed by atoms with van der Waals surface area (Å²) in [7, 11) is 1.74. The summed E-state index contributed by atoms with van der Waals surface area (Å²) in [5.41, 5.74) is 0.415. The quantitative estimate of drug-likeness (QED) is 0.674. The van der Waals surface area contributed by atoms with Gasteiger partial charge >= 0.3 is 5.69 Å². The van der Waals surface area contributed by atoms with E-state index in [1.54, 1.807) is 7.05 Å². The van der Waals surface area contributed by atoms with Crippen LogP contribution in [0, 0.1) is 10.1 Å². The third-order valence-electron chi connectivity index (χ3n) is 2.26. The van der Waals surface area contributed by atoms with Crippen molar-refractivity contribution in [1.82, 2.24) is 9.59 Å². The van der Waals surface area contributed by atoms with E-state index >= 15 is 0 Å². The lowest BCUT2D eigenvalue weighted by molar-refractivity contribution is -0.385. The van der Waals surface area contributed by atoms with E-state index in [4.69, 9.17) is 16.3 Å². The van der Waals surface area contributed by atoms with E-state index < -0.39 is 4.92 Å². The Bertz CT molecular complexity index is 604. The van der Waals surface area contributed by atoms with Crippen LogP contribution in [0.4, 0.5) is 10.7 Å². The standard InChI is InChI=1S/C10H9ClN4O3S/c1-12-10-7(13-14-19-10)5-18-9-3-2-6(11)4-8(9)15(16)17/h2-4,12H,5H2,1H3. The van der Waals surface area contributed by atoms with E-state index in [9.17, 15) is 10.1 Å². The molecule has 0 spiro atoms. The van der Waals surface area contributed by atoms with Crippen LogP contribution in [0.15, 0.2) is 18.2 Å². The highest BCUT2D eigenvalue weighted by Crippen LogP contribution is 2.31. The maximum Gasteiger partial charge on any atom is 0.312 e. The molecule has 1 aromatic heterocycles. The van der Waals surface area contributed by atoms with Crippen LogP contribution in [0.25, 0.3) is 0 Å². The number of nitrogens with zero attached hydrogens (tertiary/aromatic N) is 3. The van der Waals surface area contributed by atoms with Crippen molar-refractivity contribution in [2.75, 3.05) is 12.4 Å². The molecule has 1 aromatic carbocycles. The molecule has 100 valence electrons. The van der Waals surface area contributed by atoms with E-state index in [1.165, 1.54) is 29.7 Å². The highest BCUT2D eigenvalue weighted by molar-refractivity contribution is 7.10. The van der Waals surface area contributed by atoms with E-state index in [1.807, 2.05) is 0 Å². The molecule has 0 bridgehead atoms. The first-order valence-electron chi connectivity index (χ1n) is 5.17. The van der Waals surface area contributed by atoms with E-state index in [-0.39, 0.29) is 23.1 Å². The monoisotopic (exact) mass is 300 g/mol. The summed E-state index contributed by atoms with van der Waals surface area (Å²) in [5, 5.41) is 18.7. The van der Waals surface area contributed by atoms with Crippen LogP contribution in [-0.2, 0) is 6.61 Å². The van der Waals surface area contributed by atoms with E-state index in [0.717, 1.165) is 5.00 Å². The Morgan fingerprint density at radius 3 is 3.05 bits per heavy atom. The lowest BCUT2D eigenvalue weighted by atomic mass is 10.3. The molecule has 0 unspecified atom stereocenters. The Hall–Kier alpha value is -1.93. The minimum Gasteiger partial charge on any atom is -0.480 e. The molecule has 7 nitrogen and oxygen atoms in total. The third kappa shape index (κ3) is 3.09. The lowest BCUT2D eigenvalue weighted by Crippen LogP contribution is -2.01. The van der Waals surface area contributed by atoms with Gasteiger partial charge in [0, 0.05) is 29.7 Å². The topological polar surface area (TPSA) is 90.2 Å². The van der Waals surface area contributed by atoms with Crippen LogP contribution in [0.2, 0.25) is 5.02 Å². The average molecular weight is 301 g/mol. The summed E-state index contributed by atoms with van der Waals surface area (Å²) in [6, 6.07) is 4.23. The normalized spacial score (nSPS) is 10.2. The van der Waals surface area contributed by atoms with Crippen LogP contribution < -0.4 is 10.1 Å². The van der Waals surface area contributed by atoms with Crippen molar-refractivity contribution in [2.24, 2.45) is 0 Å². The molecule has 0 amide bonds. The first-order valence-corrected chi connectivity index (χ1v) is 6.32. The zero-order chi connectivity index (χ0) is 13.8. The van der Waals surface area contributed by atoms with Gasteiger partial charge in [0.25, 0.3) is 0 Å². The van der Waals surface area contributed by atoms with Crippen molar-refractivity contribution in [2.45, 2.75) is 6.61 Å². The fourth-order valence-corrected chi connectivity index (χ4v) is 2.08. The summed E-state index contributed by atoms with van der Waals surface area (Å²) in [5.74, 6) is 0.143. The van der Waals surface area contributed by atoms with Crippen LogP contribution in [0.3, 0.4) is 0 Å². The van der Waals surface area contributed by atoms with Crippen molar-refractivity contribution in [3.05, 3.63) is 39.0 Å². The van der Waals surface area contributed by atoms with Gasteiger partial charge in [-0.05, 0) is 12.1 Å². The Morgan fingerprint density at radius 1 is 1.58 bits per heavy atom. The first-order chi connectivity index (χ1) is 9.11. The number of halogens is 1. The second kappa shape index (κ2) is 5.81. The van der Waals surface area contributed by atoms with Crippen LogP contribution in [0.1, 0.15) is 5.69 Å². The number of hydrogen-bond acceptors (Lipinski definition) is 7. The van der Waals surface area contributed by atoms with Gasteiger partial charge in [-0.3, -0.25) is 10.1 Å². The van der Waals surface area contributed by atoms with Crippen molar-refractivity contribution in [3.63, 3.8) is 0 Å². The molecule has 1 N–H and O–H groups in total. The lowest BCUT2D eigenvalue weighted by Gasteiger charge is -2.06. The maximum atomic E-state index is 10.9. The molecule has 0 saturated carbocycles. The van der Waals surface area contributed by atoms with Gasteiger partial charge < -0.3 is 10.1 Å². The largest absolute Gasteiger partial charge is 0.480 e. The number of anilines is 1. The second-order valence-electron chi connectivity index (χ2n) is 3.46. The highest BCUT2D eigenvalue weighted by atomic mass is 35.5. The van der Waals surface area contributed by atoms with Gasteiger partial charge in [0.1, 0.15) is 17.3 Å². The van der Waals surface area contributed by atoms with E-state index in [2.05, 4.69) is 14.9 Å². The number of ether oxygens (including phenoxy) is 1. The van der Waals surface area contributed by atoms with Crippen LogP contribution >= 0.6 is 23.1 Å². The van der Waals surface area contributed by atoms with Crippen LogP contribution in [-0.4, -0.2) is 21.6 Å². The van der Waals surface area contributed by atoms with Gasteiger partial charge in [0.2, 0.25) is 0 Å². The molecule has 0 saturated heterocycles. The minimum atomic E-state index is -0.542. The number of benzene rings is 1. The number of rotatable bonds is 5. The number of nitrogens with one attached hydrogen (secondary N) is 1. The molecule has 9 heteroatoms. The van der Waals surface area contributed by atoms with Gasteiger partial charge in [-0.2, -0.15) is 0 Å². The Kier molecular flexibility index (Phi) is 4.13. The Morgan fingerprint density at radius 2 is 2.37 bits per heavy atom. The molecule has 0 aliphatic carbocycles. The zero-order valence-corrected chi connectivity index (χ0v) is 11.4. The number of hydrogen-bond donors (Lipinski definition) is 1. The summed E-state index contributed by atoms with van der Waals surface area (Å²) in [6.07, 6.45) is 0. The smallest absolute Gasteiger partial charge is 0.312 e. The number of nitro benzene ring substituents is 1. The Labute approximate surface area is 117 Å². The van der Waals surface area contributed by atoms with Gasteiger partial charge in [0.05, 0.1) is 4.92 Å². The summed E-state index contributed by atoms with van der Waals surface area (Å²) >= 11 is 6.91. The fourth-order valence-electron chi connectivity index (χ4n) is 1.39. The van der Waals surface area contributed by atoms with Crippen molar-refractivity contribution < 1.29 is 9.66 Å². The van der Waals surface area contributed by atoms with Gasteiger partial charge in [0.15, 0.2) is 5.75 Å². The Balaban J connectivity index is 2.18. The molecule has 0 atom stereocenters. The van der Waals surface area contributed by atoms with Crippen molar-refractivity contribution in [3.8, 4) is 5.75 Å². The summed E-state index contributed by atoms with van der Waals surface area (Å²) in [6.45, 7) is 0.0924. The predicted octanol–water partition coefficient (Wildman–Crippen LogP) is 2.72. The SMILES string of the molecule is CNc1snnc1COc1ccc(Cl)cc1[N+](=O)[O-]. The molecule has 2 aromatic rings. The summed E-state index contributed by atoms with van der Waals surface area (Å²) < 4.78 is 9.18. The van der Waals surface area contributed by atoms with Crippen LogP contribution in [0.5, 0.6) is 5.75 Å². The van der Waals surface area contributed by atoms with Gasteiger partial charge in [-0.25, -0.2) is 0 Å².